The first-order chi connectivity index (χ1) is 6.86. The van der Waals surface area contributed by atoms with Crippen LogP contribution in [-0.2, 0) is 6.42 Å². The number of ether oxygens (including phenoxy) is 1. The number of nitrogens with zero attached hydrogens (tertiary/aromatic N) is 1. The molecule has 14 heavy (non-hydrogen) atoms. The van der Waals surface area contributed by atoms with Gasteiger partial charge in [-0.15, -0.1) is 0 Å². The Bertz CT molecular complexity index is 436. The number of benzene rings is 1. The molecule has 0 radical (unpaired) electrons. The molecular weight excluding hydrogens is 182 g/mol. The van der Waals surface area contributed by atoms with Gasteiger partial charge in [0.1, 0.15) is 5.75 Å². The molecule has 0 aliphatic rings. The van der Waals surface area contributed by atoms with E-state index in [0.29, 0.717) is 12.0 Å². The fourth-order valence-electron chi connectivity index (χ4n) is 1.47. The van der Waals surface area contributed by atoms with Crippen molar-refractivity contribution in [1.29, 1.82) is 0 Å². The number of hydrogen-bond donors (Lipinski definition) is 1. The van der Waals surface area contributed by atoms with Gasteiger partial charge in [0.05, 0.1) is 18.2 Å². The number of hydrogen-bond acceptors (Lipinski definition) is 4. The molecule has 0 unspecified atom stereocenters. The van der Waals surface area contributed by atoms with Gasteiger partial charge in [-0.3, -0.25) is 0 Å². The summed E-state index contributed by atoms with van der Waals surface area (Å²) in [6.07, 6.45) is 0.480. The summed E-state index contributed by atoms with van der Waals surface area (Å²) in [5.41, 5.74) is 1.42. The van der Waals surface area contributed by atoms with E-state index in [1.807, 2.05) is 18.2 Å². The van der Waals surface area contributed by atoms with Crippen LogP contribution in [-0.4, -0.2) is 24.0 Å². The largest absolute Gasteiger partial charge is 0.496 e. The van der Waals surface area contributed by atoms with Crippen molar-refractivity contribution in [2.24, 2.45) is 0 Å². The molecule has 0 atom stereocenters. The van der Waals surface area contributed by atoms with Crippen molar-refractivity contribution >= 4 is 11.0 Å². The van der Waals surface area contributed by atoms with E-state index in [1.54, 1.807) is 7.11 Å². The highest BCUT2D eigenvalue weighted by molar-refractivity contribution is 5.86. The van der Waals surface area contributed by atoms with Crippen LogP contribution in [0.5, 0.6) is 5.75 Å². The zero-order valence-electron chi connectivity index (χ0n) is 7.86. The Labute approximate surface area is 81.1 Å². The molecule has 4 heteroatoms. The van der Waals surface area contributed by atoms with Gasteiger partial charge in [-0.05, 0) is 12.1 Å². The number of methoxy groups -OCH3 is 1. The highest BCUT2D eigenvalue weighted by atomic mass is 16.5. The molecule has 1 aromatic heterocycles. The summed E-state index contributed by atoms with van der Waals surface area (Å²) < 4.78 is 10.3. The maximum Gasteiger partial charge on any atom is 0.170 e. The lowest BCUT2D eigenvalue weighted by atomic mass is 10.1. The van der Waals surface area contributed by atoms with Gasteiger partial charge in [-0.1, -0.05) is 11.2 Å². The van der Waals surface area contributed by atoms with Gasteiger partial charge in [0.25, 0.3) is 0 Å². The number of aromatic nitrogens is 1. The normalized spacial score (nSPS) is 10.7. The molecule has 0 bridgehead atoms. The molecule has 4 nitrogen and oxygen atoms in total. The topological polar surface area (TPSA) is 55.5 Å². The highest BCUT2D eigenvalue weighted by Gasteiger charge is 2.11. The zero-order valence-corrected chi connectivity index (χ0v) is 7.86. The van der Waals surface area contributed by atoms with E-state index in [4.69, 9.17) is 14.4 Å². The fraction of sp³-hybridized carbons (Fsp3) is 0.300. The lowest BCUT2D eigenvalue weighted by Crippen LogP contribution is -1.92. The number of fused-ring (bicyclic) bond motifs is 1. The van der Waals surface area contributed by atoms with Gasteiger partial charge >= 0.3 is 0 Å². The minimum Gasteiger partial charge on any atom is -0.496 e. The van der Waals surface area contributed by atoms with E-state index in [9.17, 15) is 0 Å². The predicted molar refractivity (Wildman–Crippen MR) is 51.4 cm³/mol. The molecule has 0 amide bonds. The molecule has 0 spiro atoms. The summed E-state index contributed by atoms with van der Waals surface area (Å²) >= 11 is 0. The summed E-state index contributed by atoms with van der Waals surface area (Å²) in [5, 5.41) is 13.6. The van der Waals surface area contributed by atoms with E-state index >= 15 is 0 Å². The first kappa shape index (κ1) is 9.02. The summed E-state index contributed by atoms with van der Waals surface area (Å²) in [6, 6.07) is 5.52. The maximum atomic E-state index is 8.84. The quantitative estimate of drug-likeness (QED) is 0.799. The van der Waals surface area contributed by atoms with E-state index in [-0.39, 0.29) is 6.61 Å². The van der Waals surface area contributed by atoms with Crippen LogP contribution in [0.2, 0.25) is 0 Å². The lowest BCUT2D eigenvalue weighted by molar-refractivity contribution is 0.295. The molecular formula is C10H11NO3. The first-order valence-electron chi connectivity index (χ1n) is 4.39. The first-order valence-corrected chi connectivity index (χ1v) is 4.39. The average Bonchev–Trinajstić information content (AvgIpc) is 2.62. The van der Waals surface area contributed by atoms with Crippen molar-refractivity contribution in [3.05, 3.63) is 23.9 Å². The van der Waals surface area contributed by atoms with E-state index in [2.05, 4.69) is 5.16 Å². The van der Waals surface area contributed by atoms with Gasteiger partial charge in [-0.25, -0.2) is 0 Å². The molecule has 2 rings (SSSR count). The second kappa shape index (κ2) is 3.67. The lowest BCUT2D eigenvalue weighted by Gasteiger charge is -2.00. The maximum absolute atomic E-state index is 8.84. The van der Waals surface area contributed by atoms with Gasteiger partial charge in [0, 0.05) is 13.0 Å². The molecule has 1 N–H and O–H groups in total. The van der Waals surface area contributed by atoms with Crippen molar-refractivity contribution in [2.45, 2.75) is 6.42 Å². The summed E-state index contributed by atoms with van der Waals surface area (Å²) in [7, 11) is 1.60. The second-order valence-corrected chi connectivity index (χ2v) is 2.94. The molecule has 0 fully saturated rings. The minimum atomic E-state index is 0.0552. The van der Waals surface area contributed by atoms with Gasteiger partial charge in [0.2, 0.25) is 0 Å². The summed E-state index contributed by atoms with van der Waals surface area (Å²) in [4.78, 5) is 0. The number of aliphatic hydroxyl groups is 1. The monoisotopic (exact) mass is 193 g/mol. The van der Waals surface area contributed by atoms with Crippen molar-refractivity contribution in [3.63, 3.8) is 0 Å². The smallest absolute Gasteiger partial charge is 0.170 e. The van der Waals surface area contributed by atoms with Crippen molar-refractivity contribution < 1.29 is 14.4 Å². The molecule has 0 aliphatic heterocycles. The van der Waals surface area contributed by atoms with Crippen LogP contribution in [0.25, 0.3) is 11.0 Å². The van der Waals surface area contributed by atoms with Gasteiger partial charge in [0.15, 0.2) is 5.58 Å². The van der Waals surface area contributed by atoms with Crippen LogP contribution in [0.1, 0.15) is 5.69 Å². The molecule has 1 heterocycles. The van der Waals surface area contributed by atoms with Crippen molar-refractivity contribution in [2.75, 3.05) is 13.7 Å². The molecule has 2 aromatic rings. The molecule has 0 aliphatic carbocycles. The average molecular weight is 193 g/mol. The van der Waals surface area contributed by atoms with E-state index < -0.39 is 0 Å². The van der Waals surface area contributed by atoms with Crippen LogP contribution in [0.15, 0.2) is 22.7 Å². The molecule has 74 valence electrons. The predicted octanol–water partition coefficient (Wildman–Crippen LogP) is 1.37. The third kappa shape index (κ3) is 1.33. The van der Waals surface area contributed by atoms with Crippen LogP contribution < -0.4 is 4.74 Å². The standard InChI is InChI=1S/C10H11NO3/c1-13-8-3-2-4-9-10(8)7(5-6-12)11-14-9/h2-4,12H,5-6H2,1H3. The number of rotatable bonds is 3. The second-order valence-electron chi connectivity index (χ2n) is 2.94. The minimum absolute atomic E-state index is 0.0552. The third-order valence-electron chi connectivity index (χ3n) is 2.10. The molecule has 0 saturated carbocycles. The van der Waals surface area contributed by atoms with Gasteiger partial charge in [-0.2, -0.15) is 0 Å². The van der Waals surface area contributed by atoms with E-state index in [0.717, 1.165) is 16.8 Å². The number of aliphatic hydroxyl groups excluding tert-OH is 1. The molecule has 0 saturated heterocycles. The molecule has 1 aromatic carbocycles. The van der Waals surface area contributed by atoms with Gasteiger partial charge < -0.3 is 14.4 Å². The summed E-state index contributed by atoms with van der Waals surface area (Å²) in [6.45, 7) is 0.0552. The zero-order chi connectivity index (χ0) is 9.97. The SMILES string of the molecule is COc1cccc2onc(CCO)c12. The van der Waals surface area contributed by atoms with Crippen LogP contribution in [0, 0.1) is 0 Å². The Balaban J connectivity index is 2.62. The van der Waals surface area contributed by atoms with Crippen molar-refractivity contribution in [1.82, 2.24) is 5.16 Å². The third-order valence-corrected chi connectivity index (χ3v) is 2.10. The van der Waals surface area contributed by atoms with E-state index in [1.165, 1.54) is 0 Å². The Morgan fingerprint density at radius 2 is 2.36 bits per heavy atom. The van der Waals surface area contributed by atoms with Crippen LogP contribution in [0.4, 0.5) is 0 Å². The van der Waals surface area contributed by atoms with Crippen molar-refractivity contribution in [3.8, 4) is 5.75 Å². The van der Waals surface area contributed by atoms with Crippen LogP contribution >= 0.6 is 0 Å². The Kier molecular flexibility index (Phi) is 2.37. The fourth-order valence-corrected chi connectivity index (χ4v) is 1.47. The summed E-state index contributed by atoms with van der Waals surface area (Å²) in [5.74, 6) is 0.729. The van der Waals surface area contributed by atoms with Crippen LogP contribution in [0.3, 0.4) is 0 Å². The highest BCUT2D eigenvalue weighted by Crippen LogP contribution is 2.28. The Hall–Kier alpha value is -1.55. The Morgan fingerprint density at radius 3 is 3.07 bits per heavy atom. The Morgan fingerprint density at radius 1 is 1.50 bits per heavy atom.